The van der Waals surface area contributed by atoms with Gasteiger partial charge in [0.15, 0.2) is 0 Å². The second kappa shape index (κ2) is 9.79. The third kappa shape index (κ3) is 5.32. The molecule has 0 radical (unpaired) electrons. The largest absolute Gasteiger partial charge is 0.378 e. The van der Waals surface area contributed by atoms with Gasteiger partial charge < -0.3 is 15.0 Å². The van der Waals surface area contributed by atoms with Crippen molar-refractivity contribution < 1.29 is 9.66 Å². The number of morpholine rings is 1. The molecule has 1 saturated heterocycles. The standard InChI is InChI=1S/C21H22N8O3/c1-15(16-5-3-2-4-6-16)26-27-20-23-19(22-17-7-9-18(10-8-17)29(30)31)24-21(25-20)28-11-13-32-14-12-28/h2-10H,11-14H2,1H3,(H2,22,23,24,25,27). The van der Waals surface area contributed by atoms with Gasteiger partial charge in [0.1, 0.15) is 0 Å². The molecule has 1 fully saturated rings. The zero-order valence-electron chi connectivity index (χ0n) is 17.4. The van der Waals surface area contributed by atoms with E-state index in [0.29, 0.717) is 43.9 Å². The first-order valence-corrected chi connectivity index (χ1v) is 10.0. The zero-order valence-corrected chi connectivity index (χ0v) is 17.4. The molecule has 2 heterocycles. The lowest BCUT2D eigenvalue weighted by Crippen LogP contribution is -2.37. The molecular weight excluding hydrogens is 412 g/mol. The highest BCUT2D eigenvalue weighted by Gasteiger charge is 2.17. The van der Waals surface area contributed by atoms with Crippen LogP contribution in [0.1, 0.15) is 12.5 Å². The molecule has 0 atom stereocenters. The molecule has 2 aromatic carbocycles. The van der Waals surface area contributed by atoms with E-state index in [1.54, 1.807) is 12.1 Å². The number of ether oxygens (including phenoxy) is 1. The maximum absolute atomic E-state index is 10.9. The van der Waals surface area contributed by atoms with Crippen molar-refractivity contribution in [1.29, 1.82) is 0 Å². The summed E-state index contributed by atoms with van der Waals surface area (Å²) in [5.41, 5.74) is 5.29. The van der Waals surface area contributed by atoms with Crippen LogP contribution in [0, 0.1) is 10.1 Å². The van der Waals surface area contributed by atoms with Crippen molar-refractivity contribution in [2.75, 3.05) is 41.9 Å². The van der Waals surface area contributed by atoms with Crippen molar-refractivity contribution in [2.45, 2.75) is 6.92 Å². The number of rotatable bonds is 7. The molecule has 0 spiro atoms. The summed E-state index contributed by atoms with van der Waals surface area (Å²) in [5.74, 6) is 1.06. The van der Waals surface area contributed by atoms with Gasteiger partial charge in [-0.1, -0.05) is 30.3 Å². The predicted octanol–water partition coefficient (Wildman–Crippen LogP) is 3.20. The summed E-state index contributed by atoms with van der Waals surface area (Å²) in [7, 11) is 0. The summed E-state index contributed by atoms with van der Waals surface area (Å²) < 4.78 is 5.41. The zero-order chi connectivity index (χ0) is 22.3. The van der Waals surface area contributed by atoms with E-state index in [-0.39, 0.29) is 11.6 Å². The maximum Gasteiger partial charge on any atom is 0.269 e. The van der Waals surface area contributed by atoms with Gasteiger partial charge in [-0.3, -0.25) is 10.1 Å². The Morgan fingerprint density at radius 1 is 1.03 bits per heavy atom. The van der Waals surface area contributed by atoms with Crippen molar-refractivity contribution in [1.82, 2.24) is 15.0 Å². The van der Waals surface area contributed by atoms with Crippen molar-refractivity contribution in [3.63, 3.8) is 0 Å². The average molecular weight is 434 g/mol. The number of hydrogen-bond acceptors (Lipinski definition) is 10. The van der Waals surface area contributed by atoms with Crippen LogP contribution in [0.4, 0.5) is 29.2 Å². The van der Waals surface area contributed by atoms with Crippen LogP contribution in [-0.2, 0) is 4.74 Å². The number of nitrogens with one attached hydrogen (secondary N) is 2. The van der Waals surface area contributed by atoms with E-state index in [9.17, 15) is 10.1 Å². The molecule has 11 heteroatoms. The van der Waals surface area contributed by atoms with Crippen LogP contribution in [-0.4, -0.2) is 51.9 Å². The van der Waals surface area contributed by atoms with Crippen LogP contribution in [0.25, 0.3) is 0 Å². The number of nitro benzene ring substituents is 1. The van der Waals surface area contributed by atoms with E-state index in [4.69, 9.17) is 4.74 Å². The quantitative estimate of drug-likeness (QED) is 0.327. The van der Waals surface area contributed by atoms with Crippen LogP contribution in [0.2, 0.25) is 0 Å². The number of hydrazone groups is 1. The van der Waals surface area contributed by atoms with E-state index in [1.165, 1.54) is 12.1 Å². The molecule has 32 heavy (non-hydrogen) atoms. The molecule has 2 N–H and O–H groups in total. The van der Waals surface area contributed by atoms with Gasteiger partial charge in [-0.25, -0.2) is 5.43 Å². The molecule has 0 amide bonds. The molecule has 1 aliphatic heterocycles. The molecule has 4 rings (SSSR count). The van der Waals surface area contributed by atoms with Crippen LogP contribution in [0.3, 0.4) is 0 Å². The lowest BCUT2D eigenvalue weighted by atomic mass is 10.1. The Kier molecular flexibility index (Phi) is 6.46. The number of non-ortho nitro benzene ring substituents is 1. The highest BCUT2D eigenvalue weighted by Crippen LogP contribution is 2.21. The molecule has 3 aromatic rings. The maximum atomic E-state index is 10.9. The minimum Gasteiger partial charge on any atom is -0.378 e. The van der Waals surface area contributed by atoms with Gasteiger partial charge in [0, 0.05) is 30.9 Å². The third-order valence-corrected chi connectivity index (χ3v) is 4.77. The summed E-state index contributed by atoms with van der Waals surface area (Å²) in [6.45, 7) is 4.39. The van der Waals surface area contributed by atoms with E-state index >= 15 is 0 Å². The Morgan fingerprint density at radius 2 is 1.72 bits per heavy atom. The van der Waals surface area contributed by atoms with Gasteiger partial charge in [-0.05, 0) is 24.6 Å². The third-order valence-electron chi connectivity index (χ3n) is 4.77. The first-order chi connectivity index (χ1) is 15.6. The first kappa shape index (κ1) is 21.1. The number of nitrogens with zero attached hydrogens (tertiary/aromatic N) is 6. The van der Waals surface area contributed by atoms with Gasteiger partial charge in [-0.15, -0.1) is 0 Å². The lowest BCUT2D eigenvalue weighted by Gasteiger charge is -2.27. The summed E-state index contributed by atoms with van der Waals surface area (Å²) in [6, 6.07) is 15.8. The second-order valence-corrected chi connectivity index (χ2v) is 6.99. The smallest absolute Gasteiger partial charge is 0.269 e. The lowest BCUT2D eigenvalue weighted by molar-refractivity contribution is -0.384. The van der Waals surface area contributed by atoms with E-state index < -0.39 is 4.92 Å². The van der Waals surface area contributed by atoms with Gasteiger partial charge >= 0.3 is 0 Å². The van der Waals surface area contributed by atoms with Gasteiger partial charge in [0.2, 0.25) is 17.8 Å². The SMILES string of the molecule is CC(=NNc1nc(Nc2ccc([N+](=O)[O-])cc2)nc(N2CCOCC2)n1)c1ccccc1. The van der Waals surface area contributed by atoms with Gasteiger partial charge in [0.25, 0.3) is 5.69 Å². The highest BCUT2D eigenvalue weighted by molar-refractivity contribution is 5.98. The van der Waals surface area contributed by atoms with Crippen LogP contribution < -0.4 is 15.6 Å². The molecule has 0 unspecified atom stereocenters. The van der Waals surface area contributed by atoms with Crippen LogP contribution >= 0.6 is 0 Å². The monoisotopic (exact) mass is 434 g/mol. The molecule has 0 aliphatic carbocycles. The summed E-state index contributed by atoms with van der Waals surface area (Å²) in [6.07, 6.45) is 0. The van der Waals surface area contributed by atoms with Crippen molar-refractivity contribution in [2.24, 2.45) is 5.10 Å². The van der Waals surface area contributed by atoms with E-state index in [1.807, 2.05) is 42.2 Å². The van der Waals surface area contributed by atoms with Crippen LogP contribution in [0.15, 0.2) is 59.7 Å². The molecular formula is C21H22N8O3. The van der Waals surface area contributed by atoms with Crippen molar-refractivity contribution in [3.05, 3.63) is 70.3 Å². The fraction of sp³-hybridized carbons (Fsp3) is 0.238. The van der Waals surface area contributed by atoms with Gasteiger partial charge in [0.05, 0.1) is 23.8 Å². The Hall–Kier alpha value is -4.12. The normalized spacial score (nSPS) is 14.2. The Balaban J connectivity index is 1.59. The van der Waals surface area contributed by atoms with Crippen molar-refractivity contribution in [3.8, 4) is 0 Å². The van der Waals surface area contributed by atoms with E-state index in [2.05, 4.69) is 30.8 Å². The minimum atomic E-state index is -0.446. The molecule has 1 aromatic heterocycles. The topological polar surface area (TPSA) is 131 Å². The van der Waals surface area contributed by atoms with Crippen LogP contribution in [0.5, 0.6) is 0 Å². The molecule has 164 valence electrons. The Bertz CT molecular complexity index is 1100. The number of benzene rings is 2. The fourth-order valence-electron chi connectivity index (χ4n) is 3.05. The number of hydrogen-bond donors (Lipinski definition) is 2. The minimum absolute atomic E-state index is 0.00767. The number of nitro groups is 1. The molecule has 0 saturated carbocycles. The second-order valence-electron chi connectivity index (χ2n) is 6.99. The first-order valence-electron chi connectivity index (χ1n) is 10.0. The summed E-state index contributed by atoms with van der Waals surface area (Å²) in [5, 5.41) is 18.4. The fourth-order valence-corrected chi connectivity index (χ4v) is 3.05. The average Bonchev–Trinajstić information content (AvgIpc) is 2.84. The number of aromatic nitrogens is 3. The Morgan fingerprint density at radius 3 is 2.41 bits per heavy atom. The molecule has 0 bridgehead atoms. The molecule has 11 nitrogen and oxygen atoms in total. The van der Waals surface area contributed by atoms with Gasteiger partial charge in [-0.2, -0.15) is 20.1 Å². The number of anilines is 4. The summed E-state index contributed by atoms with van der Waals surface area (Å²) >= 11 is 0. The van der Waals surface area contributed by atoms with Crippen molar-refractivity contribution >= 4 is 34.9 Å². The highest BCUT2D eigenvalue weighted by atomic mass is 16.6. The summed E-state index contributed by atoms with van der Waals surface area (Å²) in [4.78, 5) is 25.9. The predicted molar refractivity (Wildman–Crippen MR) is 122 cm³/mol. The van der Waals surface area contributed by atoms with E-state index in [0.717, 1.165) is 11.3 Å². The molecule has 1 aliphatic rings. The Labute approximate surface area is 184 Å².